The van der Waals surface area contributed by atoms with Crippen LogP contribution in [-0.2, 0) is 14.4 Å². The lowest BCUT2D eigenvalue weighted by molar-refractivity contribution is -0.138. The minimum atomic E-state index is -1.14. The Morgan fingerprint density at radius 3 is 2.48 bits per heavy atom. The molecule has 2 atom stereocenters. The van der Waals surface area contributed by atoms with E-state index >= 15 is 0 Å². The maximum absolute atomic E-state index is 13.4. The lowest BCUT2D eigenvalue weighted by Gasteiger charge is -2.27. The van der Waals surface area contributed by atoms with Gasteiger partial charge in [-0.3, -0.25) is 14.4 Å². The number of halogens is 2. The van der Waals surface area contributed by atoms with Crippen molar-refractivity contribution in [2.75, 3.05) is 5.32 Å². The Bertz CT molecular complexity index is 899. The lowest BCUT2D eigenvalue weighted by Crippen LogP contribution is -2.37. The van der Waals surface area contributed by atoms with Crippen molar-refractivity contribution >= 4 is 23.5 Å². The summed E-state index contributed by atoms with van der Waals surface area (Å²) in [6, 6.07) is 7.94. The van der Waals surface area contributed by atoms with Gasteiger partial charge in [0.1, 0.15) is 11.6 Å². The second kappa shape index (κ2) is 7.53. The first-order valence-corrected chi connectivity index (χ1v) is 8.20. The summed E-state index contributed by atoms with van der Waals surface area (Å²) in [5.41, 5.74) is 1.08. The molecule has 0 saturated heterocycles. The second-order valence-corrected chi connectivity index (χ2v) is 6.25. The molecular formula is C19H16F2N2O4. The third kappa shape index (κ3) is 4.28. The molecule has 0 spiro atoms. The molecule has 6 nitrogen and oxygen atoms in total. The molecule has 1 aliphatic rings. The topological polar surface area (TPSA) is 95.5 Å². The number of anilines is 1. The number of carbonyl (C=O) groups excluding carboxylic acids is 2. The van der Waals surface area contributed by atoms with Crippen molar-refractivity contribution in [3.8, 4) is 0 Å². The molecule has 3 rings (SSSR count). The van der Waals surface area contributed by atoms with E-state index in [1.165, 1.54) is 36.4 Å². The van der Waals surface area contributed by atoms with E-state index < -0.39 is 47.8 Å². The molecule has 2 unspecified atom stereocenters. The summed E-state index contributed by atoms with van der Waals surface area (Å²) in [5, 5.41) is 14.3. The van der Waals surface area contributed by atoms with Gasteiger partial charge in [-0.05, 0) is 35.4 Å². The molecule has 3 N–H and O–H groups in total. The molecule has 0 saturated carbocycles. The Balaban J connectivity index is 1.86. The molecule has 0 bridgehead atoms. The molecule has 1 heterocycles. The maximum atomic E-state index is 13.4. The fraction of sp³-hybridized carbons (Fsp3) is 0.211. The number of carboxylic acids is 1. The molecule has 0 aliphatic carbocycles. The highest BCUT2D eigenvalue weighted by Crippen LogP contribution is 2.33. The van der Waals surface area contributed by atoms with Crippen molar-refractivity contribution in [2.45, 2.75) is 24.8 Å². The van der Waals surface area contributed by atoms with Gasteiger partial charge in [0, 0.05) is 12.1 Å². The van der Waals surface area contributed by atoms with Crippen LogP contribution in [0.5, 0.6) is 0 Å². The lowest BCUT2D eigenvalue weighted by atomic mass is 9.89. The maximum Gasteiger partial charge on any atom is 0.305 e. The molecule has 1 aliphatic heterocycles. The van der Waals surface area contributed by atoms with E-state index in [-0.39, 0.29) is 12.1 Å². The van der Waals surface area contributed by atoms with E-state index in [0.29, 0.717) is 11.1 Å². The number of fused-ring (bicyclic) bond motifs is 1. The van der Waals surface area contributed by atoms with Gasteiger partial charge >= 0.3 is 5.97 Å². The molecule has 2 aromatic carbocycles. The van der Waals surface area contributed by atoms with Crippen LogP contribution < -0.4 is 10.6 Å². The summed E-state index contributed by atoms with van der Waals surface area (Å²) in [6.07, 6.45) is -0.555. The average Bonchev–Trinajstić information content (AvgIpc) is 2.60. The highest BCUT2D eigenvalue weighted by Gasteiger charge is 2.32. The third-order valence-electron chi connectivity index (χ3n) is 4.34. The molecule has 2 amide bonds. The Labute approximate surface area is 153 Å². The monoisotopic (exact) mass is 374 g/mol. The smallest absolute Gasteiger partial charge is 0.305 e. The summed E-state index contributed by atoms with van der Waals surface area (Å²) in [4.78, 5) is 35.8. The molecule has 27 heavy (non-hydrogen) atoms. The second-order valence-electron chi connectivity index (χ2n) is 6.25. The fourth-order valence-electron chi connectivity index (χ4n) is 3.07. The first-order valence-electron chi connectivity index (χ1n) is 8.20. The zero-order chi connectivity index (χ0) is 19.6. The van der Waals surface area contributed by atoms with Gasteiger partial charge in [0.2, 0.25) is 11.8 Å². The number of rotatable bonds is 5. The molecule has 140 valence electrons. The standard InChI is InChI=1S/C19H16F2N2O4/c20-11-3-1-10(2-4-11)15(9-18(25)26)23-19(27)14-8-17(24)22-16-7-12(21)5-6-13(14)16/h1-7,14-15H,8-9H2,(H,22,24)(H,23,27)(H,25,26). The Kier molecular flexibility index (Phi) is 5.16. The van der Waals surface area contributed by atoms with E-state index in [2.05, 4.69) is 10.6 Å². The van der Waals surface area contributed by atoms with Crippen LogP contribution in [0.2, 0.25) is 0 Å². The van der Waals surface area contributed by atoms with Crippen molar-refractivity contribution < 1.29 is 28.3 Å². The summed E-state index contributed by atoms with van der Waals surface area (Å²) in [5.74, 6) is -4.07. The minimum absolute atomic E-state index is 0.145. The number of carbonyl (C=O) groups is 3. The van der Waals surface area contributed by atoms with Gasteiger partial charge < -0.3 is 15.7 Å². The van der Waals surface area contributed by atoms with E-state index in [9.17, 15) is 23.2 Å². The van der Waals surface area contributed by atoms with Crippen LogP contribution in [0, 0.1) is 11.6 Å². The number of carboxylic acid groups (broad SMARTS) is 1. The van der Waals surface area contributed by atoms with Gasteiger partial charge in [-0.15, -0.1) is 0 Å². The highest BCUT2D eigenvalue weighted by atomic mass is 19.1. The molecule has 0 fully saturated rings. The minimum Gasteiger partial charge on any atom is -0.481 e. The zero-order valence-electron chi connectivity index (χ0n) is 14.0. The molecule has 2 aromatic rings. The van der Waals surface area contributed by atoms with Crippen LogP contribution in [0.15, 0.2) is 42.5 Å². The molecular weight excluding hydrogens is 358 g/mol. The van der Waals surface area contributed by atoms with E-state index in [0.717, 1.165) is 6.07 Å². The van der Waals surface area contributed by atoms with Gasteiger partial charge in [-0.1, -0.05) is 18.2 Å². The highest BCUT2D eigenvalue weighted by molar-refractivity contribution is 6.01. The number of benzene rings is 2. The van der Waals surface area contributed by atoms with Crippen molar-refractivity contribution in [3.05, 3.63) is 65.2 Å². The normalized spacial score (nSPS) is 16.8. The Morgan fingerprint density at radius 2 is 1.81 bits per heavy atom. The fourth-order valence-corrected chi connectivity index (χ4v) is 3.07. The van der Waals surface area contributed by atoms with Crippen molar-refractivity contribution in [2.24, 2.45) is 0 Å². The van der Waals surface area contributed by atoms with Crippen LogP contribution in [0.3, 0.4) is 0 Å². The van der Waals surface area contributed by atoms with Gasteiger partial charge in [0.05, 0.1) is 18.4 Å². The quantitative estimate of drug-likeness (QED) is 0.750. The average molecular weight is 374 g/mol. The van der Waals surface area contributed by atoms with Crippen LogP contribution in [-0.4, -0.2) is 22.9 Å². The van der Waals surface area contributed by atoms with Gasteiger partial charge in [-0.25, -0.2) is 8.78 Å². The van der Waals surface area contributed by atoms with Crippen LogP contribution in [0.4, 0.5) is 14.5 Å². The predicted octanol–water partition coefficient (Wildman–Crippen LogP) is 2.72. The number of amides is 2. The summed E-state index contributed by atoms with van der Waals surface area (Å²) >= 11 is 0. The van der Waals surface area contributed by atoms with E-state index in [1.807, 2.05) is 0 Å². The largest absolute Gasteiger partial charge is 0.481 e. The van der Waals surface area contributed by atoms with Crippen molar-refractivity contribution in [1.29, 1.82) is 0 Å². The Hall–Kier alpha value is -3.29. The SMILES string of the molecule is O=C(O)CC(NC(=O)C1CC(=O)Nc2cc(F)ccc21)c1ccc(F)cc1. The number of hydrogen-bond donors (Lipinski definition) is 3. The van der Waals surface area contributed by atoms with Gasteiger partial charge in [-0.2, -0.15) is 0 Å². The molecule has 8 heteroatoms. The summed E-state index contributed by atoms with van der Waals surface area (Å²) in [7, 11) is 0. The van der Waals surface area contributed by atoms with Crippen molar-refractivity contribution in [3.63, 3.8) is 0 Å². The van der Waals surface area contributed by atoms with E-state index in [1.54, 1.807) is 0 Å². The number of aliphatic carboxylic acids is 1. The Morgan fingerprint density at radius 1 is 1.15 bits per heavy atom. The van der Waals surface area contributed by atoms with Crippen LogP contribution >= 0.6 is 0 Å². The summed E-state index contributed by atoms with van der Waals surface area (Å²) in [6.45, 7) is 0. The van der Waals surface area contributed by atoms with Crippen molar-refractivity contribution in [1.82, 2.24) is 5.32 Å². The summed E-state index contributed by atoms with van der Waals surface area (Å²) < 4.78 is 26.5. The molecule has 0 aromatic heterocycles. The predicted molar refractivity (Wildman–Crippen MR) is 91.9 cm³/mol. The van der Waals surface area contributed by atoms with E-state index in [4.69, 9.17) is 5.11 Å². The number of hydrogen-bond acceptors (Lipinski definition) is 3. The first kappa shape index (κ1) is 18.5. The zero-order valence-corrected chi connectivity index (χ0v) is 14.0. The van der Waals surface area contributed by atoms with Gasteiger partial charge in [0.25, 0.3) is 0 Å². The van der Waals surface area contributed by atoms with Gasteiger partial charge in [0.15, 0.2) is 0 Å². The number of nitrogens with one attached hydrogen (secondary N) is 2. The van der Waals surface area contributed by atoms with Crippen LogP contribution in [0.25, 0.3) is 0 Å². The van der Waals surface area contributed by atoms with Crippen LogP contribution in [0.1, 0.15) is 35.9 Å². The molecule has 0 radical (unpaired) electrons. The third-order valence-corrected chi connectivity index (χ3v) is 4.34. The first-order chi connectivity index (χ1) is 12.8.